The van der Waals surface area contributed by atoms with Crippen molar-refractivity contribution in [3.63, 3.8) is 0 Å². The summed E-state index contributed by atoms with van der Waals surface area (Å²) in [6, 6.07) is 5.15. The van der Waals surface area contributed by atoms with Crippen LogP contribution in [0.15, 0.2) is 24.3 Å². The Balaban J connectivity index is 1.81. The molecule has 25 heavy (non-hydrogen) atoms. The first-order valence-electron chi connectivity index (χ1n) is 8.33. The molecule has 0 unspecified atom stereocenters. The minimum Gasteiger partial charge on any atom is -0.309 e. The molecule has 4 nitrogen and oxygen atoms in total. The summed E-state index contributed by atoms with van der Waals surface area (Å²) in [6.45, 7) is 4.60. The molecular weight excluding hydrogens is 331 g/mol. The Bertz CT molecular complexity index is 791. The zero-order valence-corrected chi connectivity index (χ0v) is 14.2. The second-order valence-electron chi connectivity index (χ2n) is 6.32. The third kappa shape index (κ3) is 3.70. The van der Waals surface area contributed by atoms with Gasteiger partial charge in [-0.25, -0.2) is 0 Å². The van der Waals surface area contributed by atoms with Gasteiger partial charge in [0.2, 0.25) is 5.91 Å². The second-order valence-corrected chi connectivity index (χ2v) is 6.32. The van der Waals surface area contributed by atoms with E-state index in [9.17, 15) is 18.0 Å². The lowest BCUT2D eigenvalue weighted by molar-refractivity contribution is -0.138. The molecule has 1 saturated carbocycles. The van der Waals surface area contributed by atoms with Gasteiger partial charge in [-0.05, 0) is 44.2 Å². The number of nitrogens with zero attached hydrogens (tertiary/aromatic N) is 2. The summed E-state index contributed by atoms with van der Waals surface area (Å²) in [6.07, 6.45) is -2.71. The van der Waals surface area contributed by atoms with E-state index in [4.69, 9.17) is 0 Å². The van der Waals surface area contributed by atoms with Gasteiger partial charge >= 0.3 is 6.18 Å². The molecule has 1 aliphatic carbocycles. The van der Waals surface area contributed by atoms with E-state index >= 15 is 0 Å². The van der Waals surface area contributed by atoms with Gasteiger partial charge in [-0.15, -0.1) is 0 Å². The fourth-order valence-electron chi connectivity index (χ4n) is 3.12. The molecule has 1 heterocycles. The molecule has 1 aromatic heterocycles. The van der Waals surface area contributed by atoms with E-state index in [1.165, 1.54) is 18.2 Å². The van der Waals surface area contributed by atoms with Crippen LogP contribution in [-0.2, 0) is 23.9 Å². The van der Waals surface area contributed by atoms with Crippen molar-refractivity contribution in [3.8, 4) is 0 Å². The number of carbonyl (C=O) groups excluding carboxylic acids is 1. The number of benzene rings is 1. The van der Waals surface area contributed by atoms with Gasteiger partial charge in [0.15, 0.2) is 5.82 Å². The van der Waals surface area contributed by atoms with Crippen LogP contribution in [0, 0.1) is 6.92 Å². The number of amides is 1. The van der Waals surface area contributed by atoms with E-state index in [2.05, 4.69) is 10.4 Å². The summed E-state index contributed by atoms with van der Waals surface area (Å²) in [5.41, 5.74) is 1.21. The van der Waals surface area contributed by atoms with Crippen molar-refractivity contribution in [2.75, 3.05) is 5.32 Å². The fourth-order valence-corrected chi connectivity index (χ4v) is 3.12. The van der Waals surface area contributed by atoms with Gasteiger partial charge in [0.25, 0.3) is 0 Å². The number of nitrogens with one attached hydrogen (secondary N) is 1. The molecule has 3 rings (SSSR count). The van der Waals surface area contributed by atoms with E-state index in [0.717, 1.165) is 30.2 Å². The number of carbonyl (C=O) groups is 1. The highest BCUT2D eigenvalue weighted by Crippen LogP contribution is 2.45. The van der Waals surface area contributed by atoms with Gasteiger partial charge < -0.3 is 5.32 Å². The van der Waals surface area contributed by atoms with E-state index in [-0.39, 0.29) is 12.0 Å². The van der Waals surface area contributed by atoms with Crippen LogP contribution in [0.5, 0.6) is 0 Å². The van der Waals surface area contributed by atoms with Crippen molar-refractivity contribution in [3.05, 3.63) is 46.6 Å². The molecule has 0 aliphatic heterocycles. The second kappa shape index (κ2) is 6.54. The van der Waals surface area contributed by atoms with Crippen LogP contribution in [0.2, 0.25) is 0 Å². The largest absolute Gasteiger partial charge is 0.416 e. The van der Waals surface area contributed by atoms with E-state index in [1.807, 2.05) is 18.5 Å². The molecule has 0 bridgehead atoms. The molecule has 0 spiro atoms. The third-order valence-electron chi connectivity index (χ3n) is 4.47. The number of hydrogen-bond donors (Lipinski definition) is 1. The maximum atomic E-state index is 13.1. The minimum atomic E-state index is -4.48. The van der Waals surface area contributed by atoms with Crippen molar-refractivity contribution >= 4 is 11.7 Å². The number of anilines is 1. The summed E-state index contributed by atoms with van der Waals surface area (Å²) in [4.78, 5) is 12.3. The number of hydrogen-bond acceptors (Lipinski definition) is 2. The number of aryl methyl sites for hydroxylation is 1. The van der Waals surface area contributed by atoms with Crippen molar-refractivity contribution in [1.29, 1.82) is 0 Å². The number of aromatic nitrogens is 2. The highest BCUT2D eigenvalue weighted by atomic mass is 19.4. The predicted octanol–water partition coefficient (Wildman–Crippen LogP) is 4.29. The Kier molecular flexibility index (Phi) is 4.58. The standard InChI is InChI=1S/C18H20F3N3O/c1-3-24-11(2)16(12-8-9-12)17(23-24)22-15(25)10-13-6-4-5-7-14(13)18(19,20)21/h4-7,12H,3,8-10H2,1-2H3,(H,22,23,25). The summed E-state index contributed by atoms with van der Waals surface area (Å²) < 4.78 is 41.0. The number of halogens is 3. The van der Waals surface area contributed by atoms with Crippen LogP contribution >= 0.6 is 0 Å². The van der Waals surface area contributed by atoms with Crippen molar-refractivity contribution < 1.29 is 18.0 Å². The van der Waals surface area contributed by atoms with Crippen LogP contribution in [-0.4, -0.2) is 15.7 Å². The molecule has 1 aromatic carbocycles. The lowest BCUT2D eigenvalue weighted by Crippen LogP contribution is -2.19. The topological polar surface area (TPSA) is 46.9 Å². The maximum Gasteiger partial charge on any atom is 0.416 e. The van der Waals surface area contributed by atoms with Crippen LogP contribution in [0.4, 0.5) is 19.0 Å². The SMILES string of the molecule is CCn1nc(NC(=O)Cc2ccccc2C(F)(F)F)c(C2CC2)c1C. The van der Waals surface area contributed by atoms with E-state index < -0.39 is 17.6 Å². The molecule has 0 atom stereocenters. The first kappa shape index (κ1) is 17.5. The van der Waals surface area contributed by atoms with Gasteiger partial charge in [0.1, 0.15) is 0 Å². The number of alkyl halides is 3. The summed E-state index contributed by atoms with van der Waals surface area (Å²) >= 11 is 0. The lowest BCUT2D eigenvalue weighted by atomic mass is 10.0. The fraction of sp³-hybridized carbons (Fsp3) is 0.444. The normalized spacial score (nSPS) is 14.6. The quantitative estimate of drug-likeness (QED) is 0.874. The van der Waals surface area contributed by atoms with Gasteiger partial charge in [-0.3, -0.25) is 9.48 Å². The zero-order chi connectivity index (χ0) is 18.2. The summed E-state index contributed by atoms with van der Waals surface area (Å²) in [5.74, 6) is 0.383. The molecular formula is C18H20F3N3O. The first-order chi connectivity index (χ1) is 11.8. The molecule has 1 amide bonds. The van der Waals surface area contributed by atoms with Crippen LogP contribution < -0.4 is 5.32 Å². The molecule has 1 aliphatic rings. The van der Waals surface area contributed by atoms with E-state index in [1.54, 1.807) is 0 Å². The van der Waals surface area contributed by atoms with Crippen molar-refractivity contribution in [2.24, 2.45) is 0 Å². The maximum absolute atomic E-state index is 13.1. The van der Waals surface area contributed by atoms with Gasteiger partial charge in [0, 0.05) is 17.8 Å². The average molecular weight is 351 g/mol. The molecule has 1 fully saturated rings. The Labute approximate surface area is 144 Å². The van der Waals surface area contributed by atoms with Crippen LogP contribution in [0.25, 0.3) is 0 Å². The van der Waals surface area contributed by atoms with Crippen molar-refractivity contribution in [1.82, 2.24) is 9.78 Å². The van der Waals surface area contributed by atoms with Crippen LogP contribution in [0.3, 0.4) is 0 Å². The molecule has 0 saturated heterocycles. The van der Waals surface area contributed by atoms with Crippen molar-refractivity contribution in [2.45, 2.75) is 51.7 Å². The molecule has 7 heteroatoms. The molecule has 0 radical (unpaired) electrons. The van der Waals surface area contributed by atoms with E-state index in [0.29, 0.717) is 18.3 Å². The van der Waals surface area contributed by atoms with Gasteiger partial charge in [-0.2, -0.15) is 18.3 Å². The zero-order valence-electron chi connectivity index (χ0n) is 14.2. The third-order valence-corrected chi connectivity index (χ3v) is 4.47. The monoisotopic (exact) mass is 351 g/mol. The Morgan fingerprint density at radius 1 is 1.32 bits per heavy atom. The lowest BCUT2D eigenvalue weighted by Gasteiger charge is -2.12. The Morgan fingerprint density at radius 3 is 2.60 bits per heavy atom. The predicted molar refractivity (Wildman–Crippen MR) is 88.4 cm³/mol. The minimum absolute atomic E-state index is 0.0351. The first-order valence-corrected chi connectivity index (χ1v) is 8.33. The Hall–Kier alpha value is -2.31. The summed E-state index contributed by atoms with van der Waals surface area (Å²) in [5, 5.41) is 7.12. The summed E-state index contributed by atoms with van der Waals surface area (Å²) in [7, 11) is 0. The van der Waals surface area contributed by atoms with Gasteiger partial charge in [-0.1, -0.05) is 18.2 Å². The Morgan fingerprint density at radius 2 is 2.00 bits per heavy atom. The molecule has 1 N–H and O–H groups in total. The highest BCUT2D eigenvalue weighted by Gasteiger charge is 2.34. The average Bonchev–Trinajstić information content (AvgIpc) is 3.32. The van der Waals surface area contributed by atoms with Gasteiger partial charge in [0.05, 0.1) is 12.0 Å². The molecule has 134 valence electrons. The highest BCUT2D eigenvalue weighted by molar-refractivity contribution is 5.92. The molecule has 2 aromatic rings. The smallest absolute Gasteiger partial charge is 0.309 e. The van der Waals surface area contributed by atoms with Crippen LogP contribution in [0.1, 0.15) is 48.1 Å². The number of rotatable bonds is 5.